The number of nitrogens with one attached hydrogen (secondary N) is 1. The molecule has 0 aliphatic rings. The van der Waals surface area contributed by atoms with Gasteiger partial charge in [0.15, 0.2) is 0 Å². The Balaban J connectivity index is 2.37. The molecule has 0 saturated heterocycles. The third kappa shape index (κ3) is 3.87. The van der Waals surface area contributed by atoms with Gasteiger partial charge in [-0.1, -0.05) is 13.3 Å². The van der Waals surface area contributed by atoms with Gasteiger partial charge in [0, 0.05) is 18.0 Å². The van der Waals surface area contributed by atoms with Crippen molar-refractivity contribution >= 4 is 11.3 Å². The number of hydrogen-bond donors (Lipinski definition) is 1. The summed E-state index contributed by atoms with van der Waals surface area (Å²) in [4.78, 5) is 4.31. The molecule has 3 heteroatoms. The third-order valence-corrected chi connectivity index (χ3v) is 2.94. The number of rotatable bonds is 6. The summed E-state index contributed by atoms with van der Waals surface area (Å²) < 4.78 is 0. The van der Waals surface area contributed by atoms with Crippen LogP contribution in [-0.2, 0) is 6.42 Å². The van der Waals surface area contributed by atoms with E-state index in [1.807, 2.05) is 13.2 Å². The Kier molecular flexibility index (Phi) is 5.01. The van der Waals surface area contributed by atoms with Gasteiger partial charge in [-0.3, -0.25) is 0 Å². The molecular formula is C10H18N2S. The fourth-order valence-electron chi connectivity index (χ4n) is 1.57. The van der Waals surface area contributed by atoms with Crippen LogP contribution in [-0.4, -0.2) is 18.6 Å². The summed E-state index contributed by atoms with van der Waals surface area (Å²) in [6, 6.07) is 0. The van der Waals surface area contributed by atoms with Gasteiger partial charge in [-0.15, -0.1) is 11.3 Å². The molecule has 1 rings (SSSR count). The summed E-state index contributed by atoms with van der Waals surface area (Å²) in [7, 11) is 2.02. The van der Waals surface area contributed by atoms with E-state index >= 15 is 0 Å². The van der Waals surface area contributed by atoms with Crippen molar-refractivity contribution in [3.8, 4) is 0 Å². The summed E-state index contributed by atoms with van der Waals surface area (Å²) in [5.74, 6) is 0.751. The molecule has 0 saturated carbocycles. The molecule has 1 unspecified atom stereocenters. The highest BCUT2D eigenvalue weighted by molar-refractivity contribution is 7.09. The smallest absolute Gasteiger partial charge is 0.0928 e. The van der Waals surface area contributed by atoms with E-state index in [4.69, 9.17) is 0 Å². The minimum absolute atomic E-state index is 0.751. The molecule has 0 spiro atoms. The van der Waals surface area contributed by atoms with E-state index in [-0.39, 0.29) is 0 Å². The Labute approximate surface area is 84.4 Å². The number of aromatic nitrogens is 1. The van der Waals surface area contributed by atoms with Gasteiger partial charge in [-0.25, -0.2) is 4.98 Å². The van der Waals surface area contributed by atoms with Crippen molar-refractivity contribution in [3.05, 3.63) is 16.6 Å². The van der Waals surface area contributed by atoms with Crippen LogP contribution in [0, 0.1) is 5.92 Å². The Morgan fingerprint density at radius 1 is 1.62 bits per heavy atom. The van der Waals surface area contributed by atoms with Crippen LogP contribution in [0.3, 0.4) is 0 Å². The minimum Gasteiger partial charge on any atom is -0.319 e. The van der Waals surface area contributed by atoms with Gasteiger partial charge >= 0.3 is 0 Å². The van der Waals surface area contributed by atoms with Gasteiger partial charge < -0.3 is 5.32 Å². The maximum Gasteiger partial charge on any atom is 0.0928 e. The molecule has 1 N–H and O–H groups in total. The zero-order valence-electron chi connectivity index (χ0n) is 8.42. The maximum atomic E-state index is 4.31. The monoisotopic (exact) mass is 198 g/mol. The van der Waals surface area contributed by atoms with E-state index in [9.17, 15) is 0 Å². The third-order valence-electron chi connectivity index (χ3n) is 2.14. The average Bonchev–Trinajstić information content (AvgIpc) is 2.58. The molecule has 74 valence electrons. The Bertz CT molecular complexity index is 203. The molecule has 0 aromatic carbocycles. The van der Waals surface area contributed by atoms with Gasteiger partial charge in [0.05, 0.1) is 5.01 Å². The van der Waals surface area contributed by atoms with E-state index in [2.05, 4.69) is 22.6 Å². The summed E-state index contributed by atoms with van der Waals surface area (Å²) in [6.45, 7) is 3.35. The topological polar surface area (TPSA) is 24.9 Å². The van der Waals surface area contributed by atoms with Crippen molar-refractivity contribution in [1.82, 2.24) is 10.3 Å². The molecular weight excluding hydrogens is 180 g/mol. The van der Waals surface area contributed by atoms with Gasteiger partial charge in [-0.05, 0) is 25.9 Å². The normalized spacial score (nSPS) is 13.1. The largest absolute Gasteiger partial charge is 0.319 e. The fourth-order valence-corrected chi connectivity index (χ4v) is 2.31. The van der Waals surface area contributed by atoms with Gasteiger partial charge in [0.1, 0.15) is 0 Å². The molecule has 0 bridgehead atoms. The summed E-state index contributed by atoms with van der Waals surface area (Å²) in [5, 5.41) is 6.57. The Hall–Kier alpha value is -0.410. The lowest BCUT2D eigenvalue weighted by molar-refractivity contribution is 0.455. The molecule has 0 radical (unpaired) electrons. The van der Waals surface area contributed by atoms with Crippen molar-refractivity contribution in [2.24, 2.45) is 5.92 Å². The standard InChI is InChI=1S/C10H18N2S/c1-3-4-9(8-11-2)7-10-12-5-6-13-10/h5-6,9,11H,3-4,7-8H2,1-2H3. The van der Waals surface area contributed by atoms with E-state index in [1.165, 1.54) is 17.8 Å². The summed E-state index contributed by atoms with van der Waals surface area (Å²) >= 11 is 1.76. The SMILES string of the molecule is CCCC(CNC)Cc1nccs1. The lowest BCUT2D eigenvalue weighted by Gasteiger charge is -2.13. The molecule has 1 atom stereocenters. The molecule has 0 aliphatic heterocycles. The molecule has 0 fully saturated rings. The van der Waals surface area contributed by atoms with E-state index in [1.54, 1.807) is 11.3 Å². The van der Waals surface area contributed by atoms with E-state index in [0.717, 1.165) is 18.9 Å². The first-order valence-electron chi connectivity index (χ1n) is 4.89. The molecule has 2 nitrogen and oxygen atoms in total. The second-order valence-electron chi connectivity index (χ2n) is 3.34. The van der Waals surface area contributed by atoms with Crippen LogP contribution in [0.25, 0.3) is 0 Å². The van der Waals surface area contributed by atoms with Gasteiger partial charge in [0.2, 0.25) is 0 Å². The highest BCUT2D eigenvalue weighted by Gasteiger charge is 2.08. The quantitative estimate of drug-likeness (QED) is 0.759. The Morgan fingerprint density at radius 2 is 2.46 bits per heavy atom. The van der Waals surface area contributed by atoms with Gasteiger partial charge in [-0.2, -0.15) is 0 Å². The van der Waals surface area contributed by atoms with Crippen molar-refractivity contribution in [2.75, 3.05) is 13.6 Å². The highest BCUT2D eigenvalue weighted by atomic mass is 32.1. The second kappa shape index (κ2) is 6.11. The minimum atomic E-state index is 0.751. The highest BCUT2D eigenvalue weighted by Crippen LogP contribution is 2.15. The average molecular weight is 198 g/mol. The lowest BCUT2D eigenvalue weighted by Crippen LogP contribution is -2.20. The Morgan fingerprint density at radius 3 is 3.00 bits per heavy atom. The van der Waals surface area contributed by atoms with Crippen molar-refractivity contribution in [2.45, 2.75) is 26.2 Å². The van der Waals surface area contributed by atoms with Crippen LogP contribution in [0.15, 0.2) is 11.6 Å². The van der Waals surface area contributed by atoms with Crippen LogP contribution in [0.4, 0.5) is 0 Å². The molecule has 0 aliphatic carbocycles. The molecule has 13 heavy (non-hydrogen) atoms. The van der Waals surface area contributed by atoms with Crippen molar-refractivity contribution < 1.29 is 0 Å². The molecule has 1 heterocycles. The van der Waals surface area contributed by atoms with Crippen molar-refractivity contribution in [1.29, 1.82) is 0 Å². The predicted molar refractivity (Wildman–Crippen MR) is 58.1 cm³/mol. The summed E-state index contributed by atoms with van der Waals surface area (Å²) in [6.07, 6.45) is 5.58. The zero-order chi connectivity index (χ0) is 9.52. The second-order valence-corrected chi connectivity index (χ2v) is 4.32. The molecule has 0 amide bonds. The number of hydrogen-bond acceptors (Lipinski definition) is 3. The van der Waals surface area contributed by atoms with Crippen molar-refractivity contribution in [3.63, 3.8) is 0 Å². The number of thiazole rings is 1. The molecule has 1 aromatic heterocycles. The van der Waals surface area contributed by atoms with Crippen LogP contribution >= 0.6 is 11.3 Å². The first-order chi connectivity index (χ1) is 6.36. The van der Waals surface area contributed by atoms with Gasteiger partial charge in [0.25, 0.3) is 0 Å². The van der Waals surface area contributed by atoms with E-state index in [0.29, 0.717) is 0 Å². The van der Waals surface area contributed by atoms with E-state index < -0.39 is 0 Å². The summed E-state index contributed by atoms with van der Waals surface area (Å²) in [5.41, 5.74) is 0. The maximum absolute atomic E-state index is 4.31. The van der Waals surface area contributed by atoms with Crippen LogP contribution in [0.1, 0.15) is 24.8 Å². The zero-order valence-corrected chi connectivity index (χ0v) is 9.23. The molecule has 1 aromatic rings. The first-order valence-corrected chi connectivity index (χ1v) is 5.77. The first kappa shape index (κ1) is 10.7. The predicted octanol–water partition coefficient (Wildman–Crippen LogP) is 2.32. The lowest BCUT2D eigenvalue weighted by atomic mass is 10.0. The number of nitrogens with zero attached hydrogens (tertiary/aromatic N) is 1. The fraction of sp³-hybridized carbons (Fsp3) is 0.700. The van der Waals surface area contributed by atoms with Crippen LogP contribution in [0.5, 0.6) is 0 Å². The van der Waals surface area contributed by atoms with Crippen LogP contribution < -0.4 is 5.32 Å². The van der Waals surface area contributed by atoms with Crippen LogP contribution in [0.2, 0.25) is 0 Å².